The van der Waals surface area contributed by atoms with Crippen LogP contribution in [0, 0.1) is 0 Å². The van der Waals surface area contributed by atoms with E-state index in [1.807, 2.05) is 20.1 Å². The second-order valence-corrected chi connectivity index (χ2v) is 8.05. The molecule has 2 aromatic carbocycles. The van der Waals surface area contributed by atoms with Crippen LogP contribution < -0.4 is 10.0 Å². The molecule has 0 unspecified atom stereocenters. The van der Waals surface area contributed by atoms with Crippen molar-refractivity contribution in [3.8, 4) is 0 Å². The van der Waals surface area contributed by atoms with Crippen molar-refractivity contribution in [2.75, 3.05) is 11.0 Å². The molecule has 0 aliphatic carbocycles. The summed E-state index contributed by atoms with van der Waals surface area (Å²) in [6.45, 7) is 3.76. The van der Waals surface area contributed by atoms with Crippen LogP contribution in [0.3, 0.4) is 0 Å². The van der Waals surface area contributed by atoms with Gasteiger partial charge in [0.1, 0.15) is 0 Å². The molecule has 0 fully saturated rings. The maximum absolute atomic E-state index is 12.4. The molecule has 128 valence electrons. The van der Waals surface area contributed by atoms with E-state index in [2.05, 4.69) is 10.0 Å². The standard InChI is InChI=1S/C17H20N2O3S2/c1-12(2)18-17(20)13-4-6-14(7-5-13)19-24(21,22)16-10-8-15(23-3)9-11-16/h4-12,19H,1-3H3,(H,18,20). The predicted molar refractivity (Wildman–Crippen MR) is 98.1 cm³/mol. The molecule has 0 aliphatic rings. The largest absolute Gasteiger partial charge is 0.350 e. The van der Waals surface area contributed by atoms with Gasteiger partial charge in [0.2, 0.25) is 0 Å². The van der Waals surface area contributed by atoms with E-state index in [0.717, 1.165) is 4.90 Å². The van der Waals surface area contributed by atoms with Crippen LogP contribution in [0.1, 0.15) is 24.2 Å². The Morgan fingerprint density at radius 2 is 1.58 bits per heavy atom. The van der Waals surface area contributed by atoms with E-state index >= 15 is 0 Å². The third-order valence-electron chi connectivity index (χ3n) is 3.19. The molecule has 1 amide bonds. The molecule has 0 aliphatic heterocycles. The number of carbonyl (C=O) groups excluding carboxylic acids is 1. The number of hydrogen-bond acceptors (Lipinski definition) is 4. The number of anilines is 1. The normalized spacial score (nSPS) is 11.3. The smallest absolute Gasteiger partial charge is 0.261 e. The Labute approximate surface area is 146 Å². The van der Waals surface area contributed by atoms with Gasteiger partial charge < -0.3 is 5.32 Å². The van der Waals surface area contributed by atoms with Crippen LogP contribution >= 0.6 is 11.8 Å². The van der Waals surface area contributed by atoms with Crippen molar-refractivity contribution in [1.82, 2.24) is 5.32 Å². The highest BCUT2D eigenvalue weighted by molar-refractivity contribution is 7.98. The number of thioether (sulfide) groups is 1. The molecular weight excluding hydrogens is 344 g/mol. The highest BCUT2D eigenvalue weighted by Crippen LogP contribution is 2.20. The molecule has 0 saturated heterocycles. The molecule has 0 saturated carbocycles. The maximum Gasteiger partial charge on any atom is 0.261 e. The molecule has 5 nitrogen and oxygen atoms in total. The maximum atomic E-state index is 12.4. The lowest BCUT2D eigenvalue weighted by Gasteiger charge is -2.10. The number of amides is 1. The van der Waals surface area contributed by atoms with Crippen molar-refractivity contribution in [3.63, 3.8) is 0 Å². The van der Waals surface area contributed by atoms with Crippen molar-refractivity contribution in [2.45, 2.75) is 29.7 Å². The zero-order valence-corrected chi connectivity index (χ0v) is 15.4. The Morgan fingerprint density at radius 3 is 2.08 bits per heavy atom. The van der Waals surface area contributed by atoms with Gasteiger partial charge in [-0.2, -0.15) is 0 Å². The van der Waals surface area contributed by atoms with Gasteiger partial charge in [-0.15, -0.1) is 11.8 Å². The number of carbonyl (C=O) groups is 1. The zero-order chi connectivity index (χ0) is 17.7. The fourth-order valence-electron chi connectivity index (χ4n) is 2.00. The van der Waals surface area contributed by atoms with Gasteiger partial charge in [-0.05, 0) is 68.6 Å². The van der Waals surface area contributed by atoms with Crippen molar-refractivity contribution in [3.05, 3.63) is 54.1 Å². The van der Waals surface area contributed by atoms with Gasteiger partial charge >= 0.3 is 0 Å². The molecule has 7 heteroatoms. The highest BCUT2D eigenvalue weighted by atomic mass is 32.2. The third kappa shape index (κ3) is 4.75. The molecule has 24 heavy (non-hydrogen) atoms. The summed E-state index contributed by atoms with van der Waals surface area (Å²) < 4.78 is 27.2. The predicted octanol–water partition coefficient (Wildman–Crippen LogP) is 3.35. The fourth-order valence-corrected chi connectivity index (χ4v) is 3.47. The average molecular weight is 364 g/mol. The van der Waals surface area contributed by atoms with E-state index in [1.54, 1.807) is 60.3 Å². The topological polar surface area (TPSA) is 75.3 Å². The fraction of sp³-hybridized carbons (Fsp3) is 0.235. The first-order chi connectivity index (χ1) is 11.3. The first-order valence-corrected chi connectivity index (χ1v) is 10.1. The van der Waals surface area contributed by atoms with Crippen molar-refractivity contribution in [1.29, 1.82) is 0 Å². The number of hydrogen-bond donors (Lipinski definition) is 2. The lowest BCUT2D eigenvalue weighted by atomic mass is 10.2. The third-order valence-corrected chi connectivity index (χ3v) is 5.33. The number of rotatable bonds is 6. The summed E-state index contributed by atoms with van der Waals surface area (Å²) >= 11 is 1.55. The van der Waals surface area contributed by atoms with Crippen molar-refractivity contribution < 1.29 is 13.2 Å². The molecule has 2 N–H and O–H groups in total. The van der Waals surface area contributed by atoms with E-state index in [1.165, 1.54) is 0 Å². The van der Waals surface area contributed by atoms with E-state index in [0.29, 0.717) is 11.3 Å². The van der Waals surface area contributed by atoms with Gasteiger partial charge in [0.05, 0.1) is 4.90 Å². The Kier molecular flexibility index (Phi) is 5.90. The van der Waals surface area contributed by atoms with Crippen LogP contribution in [0.2, 0.25) is 0 Å². The first-order valence-electron chi connectivity index (χ1n) is 7.39. The van der Waals surface area contributed by atoms with Gasteiger partial charge in [0.15, 0.2) is 0 Å². The minimum atomic E-state index is -3.65. The summed E-state index contributed by atoms with van der Waals surface area (Å²) in [7, 11) is -3.65. The molecule has 0 heterocycles. The van der Waals surface area contributed by atoms with Crippen LogP contribution in [0.25, 0.3) is 0 Å². The summed E-state index contributed by atoms with van der Waals surface area (Å²) in [6.07, 6.45) is 1.93. The molecule has 0 spiro atoms. The van der Waals surface area contributed by atoms with Crippen LogP contribution in [0.4, 0.5) is 5.69 Å². The molecule has 2 rings (SSSR count). The Morgan fingerprint density at radius 1 is 1.00 bits per heavy atom. The van der Waals surface area contributed by atoms with Gasteiger partial charge in [-0.3, -0.25) is 9.52 Å². The van der Waals surface area contributed by atoms with Crippen molar-refractivity contribution in [2.24, 2.45) is 0 Å². The summed E-state index contributed by atoms with van der Waals surface area (Å²) in [5.41, 5.74) is 0.890. The second kappa shape index (κ2) is 7.72. The monoisotopic (exact) mass is 364 g/mol. The van der Waals surface area contributed by atoms with Gasteiger partial charge in [0, 0.05) is 22.2 Å². The molecule has 0 atom stereocenters. The van der Waals surface area contributed by atoms with E-state index < -0.39 is 10.0 Å². The summed E-state index contributed by atoms with van der Waals surface area (Å²) in [5.74, 6) is -0.188. The Hall–Kier alpha value is -1.99. The summed E-state index contributed by atoms with van der Waals surface area (Å²) in [4.78, 5) is 13.1. The molecular formula is C17H20N2O3S2. The van der Waals surface area contributed by atoms with E-state index in [9.17, 15) is 13.2 Å². The SMILES string of the molecule is CSc1ccc(S(=O)(=O)Nc2ccc(C(=O)NC(C)C)cc2)cc1. The van der Waals surface area contributed by atoms with Crippen LogP contribution in [0.5, 0.6) is 0 Å². The molecule has 2 aromatic rings. The zero-order valence-electron chi connectivity index (χ0n) is 13.7. The lowest BCUT2D eigenvalue weighted by molar-refractivity contribution is 0.0943. The average Bonchev–Trinajstić information content (AvgIpc) is 2.54. The van der Waals surface area contributed by atoms with Crippen molar-refractivity contribution >= 4 is 33.4 Å². The number of benzene rings is 2. The molecule has 0 bridgehead atoms. The first kappa shape index (κ1) is 18.4. The number of sulfonamides is 1. The number of nitrogens with one attached hydrogen (secondary N) is 2. The molecule has 0 radical (unpaired) electrons. The van der Waals surface area contributed by atoms with Crippen LogP contribution in [0.15, 0.2) is 58.3 Å². The summed E-state index contributed by atoms with van der Waals surface area (Å²) in [6, 6.07) is 13.0. The van der Waals surface area contributed by atoms with Gasteiger partial charge in [0.25, 0.3) is 15.9 Å². The summed E-state index contributed by atoms with van der Waals surface area (Å²) in [5, 5.41) is 2.78. The van der Waals surface area contributed by atoms with Crippen LogP contribution in [-0.2, 0) is 10.0 Å². The van der Waals surface area contributed by atoms with Gasteiger partial charge in [-0.1, -0.05) is 0 Å². The highest BCUT2D eigenvalue weighted by Gasteiger charge is 2.14. The quantitative estimate of drug-likeness (QED) is 0.771. The van der Waals surface area contributed by atoms with E-state index in [-0.39, 0.29) is 16.8 Å². The Balaban J connectivity index is 2.13. The molecule has 0 aromatic heterocycles. The van der Waals surface area contributed by atoms with Crippen LogP contribution in [-0.4, -0.2) is 26.6 Å². The van der Waals surface area contributed by atoms with E-state index in [4.69, 9.17) is 0 Å². The Bertz CT molecular complexity index is 799. The second-order valence-electron chi connectivity index (χ2n) is 5.49. The minimum Gasteiger partial charge on any atom is -0.350 e. The minimum absolute atomic E-state index is 0.0416. The lowest BCUT2D eigenvalue weighted by Crippen LogP contribution is -2.30. The van der Waals surface area contributed by atoms with Gasteiger partial charge in [-0.25, -0.2) is 8.42 Å².